The number of aromatic nitrogens is 2. The monoisotopic (exact) mass is 346 g/mol. The lowest BCUT2D eigenvalue weighted by atomic mass is 10.1. The molecule has 0 aliphatic heterocycles. The van der Waals surface area contributed by atoms with Crippen LogP contribution in [0.1, 0.15) is 28.7 Å². The van der Waals surface area contributed by atoms with Gasteiger partial charge >= 0.3 is 0 Å². The number of methoxy groups -OCH3 is 1. The molecular formula is C17H22N4O4. The van der Waals surface area contributed by atoms with Crippen molar-refractivity contribution in [3.63, 3.8) is 0 Å². The lowest BCUT2D eigenvalue weighted by molar-refractivity contribution is -0.385. The van der Waals surface area contributed by atoms with E-state index in [1.54, 1.807) is 0 Å². The Morgan fingerprint density at radius 2 is 2.08 bits per heavy atom. The summed E-state index contributed by atoms with van der Waals surface area (Å²) >= 11 is 0. The Morgan fingerprint density at radius 1 is 1.36 bits per heavy atom. The van der Waals surface area contributed by atoms with E-state index in [-0.39, 0.29) is 28.8 Å². The Morgan fingerprint density at radius 3 is 2.64 bits per heavy atom. The number of aryl methyl sites for hydroxylation is 2. The number of nitrogens with one attached hydrogen (secondary N) is 1. The third kappa shape index (κ3) is 4.79. The van der Waals surface area contributed by atoms with Crippen molar-refractivity contribution in [2.75, 3.05) is 13.7 Å². The van der Waals surface area contributed by atoms with Crippen molar-refractivity contribution in [3.8, 4) is 5.75 Å². The minimum Gasteiger partial charge on any atom is -0.496 e. The summed E-state index contributed by atoms with van der Waals surface area (Å²) in [6.07, 6.45) is 0. The molecule has 0 spiro atoms. The zero-order valence-electron chi connectivity index (χ0n) is 14.8. The quantitative estimate of drug-likeness (QED) is 0.613. The minimum absolute atomic E-state index is 0.155. The van der Waals surface area contributed by atoms with Gasteiger partial charge in [0.2, 0.25) is 0 Å². The number of hydrogen-bond acceptors (Lipinski definition) is 5. The Labute approximate surface area is 145 Å². The number of carbonyl (C=O) groups excluding carboxylic acids is 1. The Kier molecular flexibility index (Phi) is 5.74. The van der Waals surface area contributed by atoms with Gasteiger partial charge in [-0.1, -0.05) is 6.92 Å². The fourth-order valence-electron chi connectivity index (χ4n) is 2.53. The molecule has 0 bridgehead atoms. The molecule has 2 rings (SSSR count). The number of benzene rings is 1. The molecule has 0 fully saturated rings. The zero-order chi connectivity index (χ0) is 18.6. The number of non-ortho nitro benzene ring substituents is 1. The first-order valence-corrected chi connectivity index (χ1v) is 7.93. The maximum atomic E-state index is 12.3. The lowest BCUT2D eigenvalue weighted by Crippen LogP contribution is -2.30. The third-order valence-electron chi connectivity index (χ3n) is 3.80. The summed E-state index contributed by atoms with van der Waals surface area (Å²) in [5.74, 6) is 0.0554. The summed E-state index contributed by atoms with van der Waals surface area (Å²) in [4.78, 5) is 22.7. The fourth-order valence-corrected chi connectivity index (χ4v) is 2.53. The van der Waals surface area contributed by atoms with E-state index in [0.717, 1.165) is 11.4 Å². The van der Waals surface area contributed by atoms with E-state index in [1.165, 1.54) is 25.3 Å². The molecule has 1 amide bonds. The maximum absolute atomic E-state index is 12.3. The van der Waals surface area contributed by atoms with Gasteiger partial charge in [0.15, 0.2) is 0 Å². The standard InChI is InChI=1S/C17H22N4O4/c1-11(10-20-13(3)5-12(2)19-20)9-18-17(22)14-6-15(21(23)24)8-16(7-14)25-4/h5-8,11H,9-10H2,1-4H3,(H,18,22)/t11-/m1/s1. The fraction of sp³-hybridized carbons (Fsp3) is 0.412. The zero-order valence-corrected chi connectivity index (χ0v) is 14.8. The molecule has 0 saturated carbocycles. The molecule has 0 aliphatic rings. The highest BCUT2D eigenvalue weighted by molar-refractivity contribution is 5.95. The molecule has 1 heterocycles. The van der Waals surface area contributed by atoms with Crippen molar-refractivity contribution in [1.29, 1.82) is 0 Å². The number of nitro benzene ring substituents is 1. The Hall–Kier alpha value is -2.90. The van der Waals surface area contributed by atoms with E-state index in [9.17, 15) is 14.9 Å². The molecule has 1 aromatic heterocycles. The molecule has 1 N–H and O–H groups in total. The number of nitrogens with zero attached hydrogens (tertiary/aromatic N) is 3. The van der Waals surface area contributed by atoms with Gasteiger partial charge in [0, 0.05) is 30.4 Å². The van der Waals surface area contributed by atoms with Crippen LogP contribution in [0.25, 0.3) is 0 Å². The van der Waals surface area contributed by atoms with Gasteiger partial charge in [0.05, 0.1) is 23.8 Å². The molecule has 8 nitrogen and oxygen atoms in total. The molecule has 25 heavy (non-hydrogen) atoms. The number of carbonyl (C=O) groups is 1. The number of nitro groups is 1. The van der Waals surface area contributed by atoms with Crippen LogP contribution in [-0.2, 0) is 6.54 Å². The van der Waals surface area contributed by atoms with Crippen LogP contribution < -0.4 is 10.1 Å². The summed E-state index contributed by atoms with van der Waals surface area (Å²) in [5.41, 5.74) is 2.04. The van der Waals surface area contributed by atoms with Crippen LogP contribution in [0.2, 0.25) is 0 Å². The average molecular weight is 346 g/mol. The number of rotatable bonds is 7. The predicted octanol–water partition coefficient (Wildman–Crippen LogP) is 2.48. The number of amides is 1. The second kappa shape index (κ2) is 7.78. The lowest BCUT2D eigenvalue weighted by Gasteiger charge is -2.14. The van der Waals surface area contributed by atoms with Crippen LogP contribution >= 0.6 is 0 Å². The average Bonchev–Trinajstić information content (AvgIpc) is 2.89. The summed E-state index contributed by atoms with van der Waals surface area (Å²) in [7, 11) is 1.40. The normalized spacial score (nSPS) is 11.8. The van der Waals surface area contributed by atoms with Gasteiger partial charge < -0.3 is 10.1 Å². The van der Waals surface area contributed by atoms with E-state index >= 15 is 0 Å². The van der Waals surface area contributed by atoms with E-state index in [4.69, 9.17) is 4.74 Å². The van der Waals surface area contributed by atoms with Crippen LogP contribution in [0, 0.1) is 29.9 Å². The first-order valence-electron chi connectivity index (χ1n) is 7.93. The van der Waals surface area contributed by atoms with Gasteiger partial charge in [0.25, 0.3) is 11.6 Å². The molecule has 2 aromatic rings. The van der Waals surface area contributed by atoms with Crippen LogP contribution in [0.15, 0.2) is 24.3 Å². The Balaban J connectivity index is 2.01. The molecular weight excluding hydrogens is 324 g/mol. The van der Waals surface area contributed by atoms with Crippen molar-refractivity contribution in [2.24, 2.45) is 5.92 Å². The summed E-state index contributed by atoms with van der Waals surface area (Å²) in [6.45, 7) is 7.04. The molecule has 134 valence electrons. The number of hydrogen-bond donors (Lipinski definition) is 1. The maximum Gasteiger partial charge on any atom is 0.273 e. The SMILES string of the molecule is COc1cc(C(=O)NC[C@@H](C)Cn2nc(C)cc2C)cc([N+](=O)[O-])c1. The van der Waals surface area contributed by atoms with Gasteiger partial charge in [-0.15, -0.1) is 0 Å². The Bertz CT molecular complexity index is 785. The van der Waals surface area contributed by atoms with Crippen LogP contribution in [-0.4, -0.2) is 34.3 Å². The first kappa shape index (κ1) is 18.4. The summed E-state index contributed by atoms with van der Waals surface area (Å²) < 4.78 is 6.93. The highest BCUT2D eigenvalue weighted by Gasteiger charge is 2.16. The topological polar surface area (TPSA) is 99.3 Å². The van der Waals surface area contributed by atoms with Crippen molar-refractivity contribution >= 4 is 11.6 Å². The van der Waals surface area contributed by atoms with Crippen molar-refractivity contribution in [2.45, 2.75) is 27.3 Å². The molecule has 0 aliphatic carbocycles. The molecule has 8 heteroatoms. The van der Waals surface area contributed by atoms with Crippen LogP contribution in [0.5, 0.6) is 5.75 Å². The molecule has 1 aromatic carbocycles. The highest BCUT2D eigenvalue weighted by Crippen LogP contribution is 2.22. The second-order valence-corrected chi connectivity index (χ2v) is 6.10. The third-order valence-corrected chi connectivity index (χ3v) is 3.80. The molecule has 1 atom stereocenters. The van der Waals surface area contributed by atoms with Crippen molar-refractivity contribution < 1.29 is 14.5 Å². The molecule has 0 saturated heterocycles. The number of ether oxygens (including phenoxy) is 1. The van der Waals surface area contributed by atoms with Gasteiger partial charge in [-0.05, 0) is 31.9 Å². The summed E-state index contributed by atoms with van der Waals surface area (Å²) in [5, 5.41) is 18.2. The van der Waals surface area contributed by atoms with Gasteiger partial charge in [-0.25, -0.2) is 0 Å². The first-order chi connectivity index (χ1) is 11.8. The largest absolute Gasteiger partial charge is 0.496 e. The van der Waals surface area contributed by atoms with Gasteiger partial charge in [-0.2, -0.15) is 5.10 Å². The minimum atomic E-state index is -0.551. The van der Waals surface area contributed by atoms with E-state index in [1.807, 2.05) is 31.5 Å². The summed E-state index contributed by atoms with van der Waals surface area (Å²) in [6, 6.07) is 6.00. The van der Waals surface area contributed by atoms with Gasteiger partial charge in [-0.3, -0.25) is 19.6 Å². The van der Waals surface area contributed by atoms with Crippen LogP contribution in [0.3, 0.4) is 0 Å². The van der Waals surface area contributed by atoms with Crippen LogP contribution in [0.4, 0.5) is 5.69 Å². The van der Waals surface area contributed by atoms with E-state index < -0.39 is 4.92 Å². The predicted molar refractivity (Wildman–Crippen MR) is 92.8 cm³/mol. The van der Waals surface area contributed by atoms with Gasteiger partial charge in [0.1, 0.15) is 5.75 Å². The highest BCUT2D eigenvalue weighted by atomic mass is 16.6. The van der Waals surface area contributed by atoms with Crippen molar-refractivity contribution in [3.05, 3.63) is 51.3 Å². The second-order valence-electron chi connectivity index (χ2n) is 6.10. The van der Waals surface area contributed by atoms with E-state index in [0.29, 0.717) is 13.1 Å². The van der Waals surface area contributed by atoms with E-state index in [2.05, 4.69) is 10.4 Å². The smallest absolute Gasteiger partial charge is 0.273 e. The van der Waals surface area contributed by atoms with Crippen molar-refractivity contribution in [1.82, 2.24) is 15.1 Å². The molecule has 0 unspecified atom stereocenters. The molecule has 0 radical (unpaired) electrons.